The normalized spacial score (nSPS) is 63.9. The Morgan fingerprint density at radius 1 is 1.20 bits per heavy atom. The molecule has 0 aliphatic heterocycles. The van der Waals surface area contributed by atoms with E-state index in [4.69, 9.17) is 0 Å². The van der Waals surface area contributed by atoms with Crippen LogP contribution in [0.1, 0.15) is 32.1 Å². The Labute approximate surface area is 61.4 Å². The number of hydrogen-bond acceptors (Lipinski definition) is 1. The van der Waals surface area contributed by atoms with Gasteiger partial charge < -0.3 is 5.11 Å². The summed E-state index contributed by atoms with van der Waals surface area (Å²) >= 11 is 0. The highest BCUT2D eigenvalue weighted by Gasteiger charge is 2.66. The van der Waals surface area contributed by atoms with Crippen LogP contribution in [0.25, 0.3) is 0 Å². The lowest BCUT2D eigenvalue weighted by atomic mass is 9.62. The fraction of sp³-hybridized carbons (Fsp3) is 1.00. The van der Waals surface area contributed by atoms with Crippen molar-refractivity contribution in [3.63, 3.8) is 0 Å². The Bertz CT molecular complexity index is 176. The van der Waals surface area contributed by atoms with Crippen LogP contribution in [-0.4, -0.2) is 11.2 Å². The summed E-state index contributed by atoms with van der Waals surface area (Å²) in [5.74, 6) is 1.76. The molecule has 3 fully saturated rings. The summed E-state index contributed by atoms with van der Waals surface area (Å²) in [6.45, 7) is 0. The molecule has 10 heavy (non-hydrogen) atoms. The highest BCUT2D eigenvalue weighted by molar-refractivity contribution is 5.16. The number of aliphatic hydroxyl groups is 1. The van der Waals surface area contributed by atoms with Crippen LogP contribution in [-0.2, 0) is 0 Å². The van der Waals surface area contributed by atoms with E-state index in [0.29, 0.717) is 5.41 Å². The van der Waals surface area contributed by atoms with Crippen LogP contribution in [0.2, 0.25) is 0 Å². The Balaban J connectivity index is 1.89. The van der Waals surface area contributed by atoms with Gasteiger partial charge in [-0.2, -0.15) is 0 Å². The zero-order valence-electron chi connectivity index (χ0n) is 6.21. The van der Waals surface area contributed by atoms with Crippen LogP contribution in [0.4, 0.5) is 0 Å². The van der Waals surface area contributed by atoms with Crippen LogP contribution in [0.5, 0.6) is 0 Å². The molecule has 0 heterocycles. The molecule has 1 N–H and O–H groups in total. The van der Waals surface area contributed by atoms with Crippen molar-refractivity contribution in [1.29, 1.82) is 0 Å². The van der Waals surface area contributed by atoms with Crippen LogP contribution in [0.15, 0.2) is 0 Å². The molecule has 0 aromatic rings. The lowest BCUT2D eigenvalue weighted by Crippen LogP contribution is -2.41. The van der Waals surface area contributed by atoms with Crippen molar-refractivity contribution >= 4 is 0 Å². The first-order valence-electron chi connectivity index (χ1n) is 4.51. The van der Waals surface area contributed by atoms with E-state index in [1.54, 1.807) is 0 Å². The van der Waals surface area contributed by atoms with E-state index < -0.39 is 0 Å². The van der Waals surface area contributed by atoms with Gasteiger partial charge >= 0.3 is 0 Å². The summed E-state index contributed by atoms with van der Waals surface area (Å²) in [6.07, 6.45) is 6.69. The molecular formula is C9H14O. The van der Waals surface area contributed by atoms with E-state index >= 15 is 0 Å². The lowest BCUT2D eigenvalue weighted by molar-refractivity contribution is -0.0383. The average Bonchev–Trinajstić information content (AvgIpc) is 2.55. The summed E-state index contributed by atoms with van der Waals surface area (Å²) in [5, 5.41) is 9.59. The van der Waals surface area contributed by atoms with Gasteiger partial charge in [-0.05, 0) is 49.4 Å². The van der Waals surface area contributed by atoms with Gasteiger partial charge in [0.15, 0.2) is 0 Å². The standard InChI is InChI=1S/C9H14O/c10-8-2-1-6-5-9(6)4-3-7(8)9/h6-8,10H,1-5H2/t6?,7?,8-,9-/m0/s1. The van der Waals surface area contributed by atoms with Gasteiger partial charge in [0, 0.05) is 0 Å². The molecule has 3 saturated carbocycles. The summed E-state index contributed by atoms with van der Waals surface area (Å²) < 4.78 is 0. The Hall–Kier alpha value is -0.0400. The third-order valence-electron chi connectivity index (χ3n) is 4.21. The molecule has 3 rings (SSSR count). The molecule has 0 amide bonds. The van der Waals surface area contributed by atoms with Crippen molar-refractivity contribution in [3.05, 3.63) is 0 Å². The summed E-state index contributed by atoms with van der Waals surface area (Å²) in [4.78, 5) is 0. The van der Waals surface area contributed by atoms with Crippen molar-refractivity contribution in [3.8, 4) is 0 Å². The average molecular weight is 138 g/mol. The van der Waals surface area contributed by atoms with Gasteiger partial charge in [-0.15, -0.1) is 0 Å². The molecule has 3 aliphatic carbocycles. The zero-order chi connectivity index (χ0) is 6.77. The fourth-order valence-corrected chi connectivity index (χ4v) is 3.38. The van der Waals surface area contributed by atoms with Gasteiger partial charge in [0.05, 0.1) is 6.10 Å². The van der Waals surface area contributed by atoms with Gasteiger partial charge in [0.1, 0.15) is 0 Å². The second-order valence-electron chi connectivity index (χ2n) is 4.42. The van der Waals surface area contributed by atoms with Crippen LogP contribution in [0, 0.1) is 17.3 Å². The van der Waals surface area contributed by atoms with Crippen molar-refractivity contribution in [2.75, 3.05) is 0 Å². The highest BCUT2D eigenvalue weighted by atomic mass is 16.3. The molecule has 56 valence electrons. The zero-order valence-corrected chi connectivity index (χ0v) is 6.21. The van der Waals surface area contributed by atoms with Gasteiger partial charge in [-0.25, -0.2) is 0 Å². The molecule has 1 heteroatoms. The Morgan fingerprint density at radius 2 is 2.10 bits per heavy atom. The molecular weight excluding hydrogens is 124 g/mol. The fourth-order valence-electron chi connectivity index (χ4n) is 3.38. The van der Waals surface area contributed by atoms with E-state index in [2.05, 4.69) is 0 Å². The molecule has 3 aliphatic rings. The van der Waals surface area contributed by atoms with Crippen LogP contribution >= 0.6 is 0 Å². The maximum Gasteiger partial charge on any atom is 0.0573 e. The second kappa shape index (κ2) is 1.42. The smallest absolute Gasteiger partial charge is 0.0573 e. The SMILES string of the molecule is O[C@H]1CCC2C[C@@]23CCC13. The van der Waals surface area contributed by atoms with Crippen LogP contribution in [0.3, 0.4) is 0 Å². The predicted molar refractivity (Wildman–Crippen MR) is 38.5 cm³/mol. The largest absolute Gasteiger partial charge is 0.393 e. The molecule has 0 aromatic carbocycles. The third-order valence-corrected chi connectivity index (χ3v) is 4.21. The summed E-state index contributed by atoms with van der Waals surface area (Å²) in [5.41, 5.74) is 0.706. The molecule has 2 unspecified atom stereocenters. The predicted octanol–water partition coefficient (Wildman–Crippen LogP) is 1.56. The first-order chi connectivity index (χ1) is 4.83. The molecule has 0 bridgehead atoms. The molecule has 0 aromatic heterocycles. The van der Waals surface area contributed by atoms with E-state index in [-0.39, 0.29) is 6.10 Å². The number of hydrogen-bond donors (Lipinski definition) is 1. The maximum absolute atomic E-state index is 9.59. The van der Waals surface area contributed by atoms with Gasteiger partial charge in [0.25, 0.3) is 0 Å². The van der Waals surface area contributed by atoms with E-state index in [0.717, 1.165) is 18.3 Å². The summed E-state index contributed by atoms with van der Waals surface area (Å²) in [7, 11) is 0. The minimum atomic E-state index is 0.0764. The summed E-state index contributed by atoms with van der Waals surface area (Å²) in [6, 6.07) is 0. The third kappa shape index (κ3) is 0.430. The number of aliphatic hydroxyl groups excluding tert-OH is 1. The van der Waals surface area contributed by atoms with Crippen LogP contribution < -0.4 is 0 Å². The second-order valence-corrected chi connectivity index (χ2v) is 4.42. The van der Waals surface area contributed by atoms with Gasteiger partial charge in [-0.3, -0.25) is 0 Å². The van der Waals surface area contributed by atoms with Gasteiger partial charge in [-0.1, -0.05) is 0 Å². The minimum Gasteiger partial charge on any atom is -0.393 e. The number of rotatable bonds is 0. The lowest BCUT2D eigenvalue weighted by Gasteiger charge is -2.44. The first kappa shape index (κ1) is 5.59. The van der Waals surface area contributed by atoms with E-state index in [1.165, 1.54) is 25.7 Å². The van der Waals surface area contributed by atoms with Crippen molar-refractivity contribution < 1.29 is 5.11 Å². The van der Waals surface area contributed by atoms with Crippen molar-refractivity contribution in [2.24, 2.45) is 17.3 Å². The molecule has 1 spiro atoms. The quantitative estimate of drug-likeness (QED) is 0.538. The minimum absolute atomic E-state index is 0.0764. The van der Waals surface area contributed by atoms with Crippen molar-refractivity contribution in [1.82, 2.24) is 0 Å². The molecule has 0 radical (unpaired) electrons. The molecule has 4 atom stereocenters. The van der Waals surface area contributed by atoms with E-state index in [1.807, 2.05) is 0 Å². The van der Waals surface area contributed by atoms with E-state index in [9.17, 15) is 5.11 Å². The Kier molecular flexibility index (Phi) is 0.797. The molecule has 0 saturated heterocycles. The monoisotopic (exact) mass is 138 g/mol. The maximum atomic E-state index is 9.59. The topological polar surface area (TPSA) is 20.2 Å². The Morgan fingerprint density at radius 3 is 2.70 bits per heavy atom. The van der Waals surface area contributed by atoms with Crippen molar-refractivity contribution in [2.45, 2.75) is 38.2 Å². The van der Waals surface area contributed by atoms with Gasteiger partial charge in [0.2, 0.25) is 0 Å². The first-order valence-corrected chi connectivity index (χ1v) is 4.51. The molecule has 1 nitrogen and oxygen atoms in total. The highest BCUT2D eigenvalue weighted by Crippen LogP contribution is 2.73.